The molecule has 1 amide bonds. The van der Waals surface area contributed by atoms with Crippen molar-refractivity contribution in [2.24, 2.45) is 0 Å². The van der Waals surface area contributed by atoms with Gasteiger partial charge in [0, 0.05) is 11.8 Å². The summed E-state index contributed by atoms with van der Waals surface area (Å²) < 4.78 is 44.8. The van der Waals surface area contributed by atoms with E-state index in [0.29, 0.717) is 29.5 Å². The number of rotatable bonds is 11. The number of benzene rings is 4. The van der Waals surface area contributed by atoms with E-state index in [2.05, 4.69) is 5.32 Å². The lowest BCUT2D eigenvalue weighted by molar-refractivity contribution is -0.114. The summed E-state index contributed by atoms with van der Waals surface area (Å²) in [5.41, 5.74) is 2.72. The van der Waals surface area contributed by atoms with Crippen molar-refractivity contribution < 1.29 is 27.4 Å². The van der Waals surface area contributed by atoms with Crippen molar-refractivity contribution in [3.05, 3.63) is 108 Å². The maximum atomic E-state index is 13.7. The maximum Gasteiger partial charge on any atom is 0.264 e. The van der Waals surface area contributed by atoms with Crippen LogP contribution in [0.1, 0.15) is 11.1 Å². The molecule has 4 aromatic carbocycles. The molecule has 0 aromatic heterocycles. The lowest BCUT2D eigenvalue weighted by Crippen LogP contribution is -2.38. The molecular formula is C30H30N2O6S. The van der Waals surface area contributed by atoms with Gasteiger partial charge in [0.1, 0.15) is 18.9 Å². The van der Waals surface area contributed by atoms with Crippen molar-refractivity contribution in [3.8, 4) is 17.2 Å². The average Bonchev–Trinajstić information content (AvgIpc) is 2.96. The fourth-order valence-electron chi connectivity index (χ4n) is 3.84. The molecule has 8 nitrogen and oxygen atoms in total. The Kier molecular flexibility index (Phi) is 8.73. The van der Waals surface area contributed by atoms with E-state index in [1.807, 2.05) is 37.3 Å². The number of hydrogen-bond acceptors (Lipinski definition) is 6. The zero-order valence-corrected chi connectivity index (χ0v) is 22.8. The molecule has 0 unspecified atom stereocenters. The molecule has 0 saturated carbocycles. The summed E-state index contributed by atoms with van der Waals surface area (Å²) in [6.45, 7) is 1.83. The Hall–Kier alpha value is -4.50. The summed E-state index contributed by atoms with van der Waals surface area (Å²) in [4.78, 5) is 13.2. The molecule has 0 spiro atoms. The molecule has 9 heteroatoms. The lowest BCUT2D eigenvalue weighted by Gasteiger charge is -2.25. The van der Waals surface area contributed by atoms with Gasteiger partial charge in [0.15, 0.2) is 11.5 Å². The fraction of sp³-hybridized carbons (Fsp3) is 0.167. The minimum Gasteiger partial charge on any atom is -0.493 e. The third-order valence-electron chi connectivity index (χ3n) is 5.94. The monoisotopic (exact) mass is 546 g/mol. The van der Waals surface area contributed by atoms with Crippen LogP contribution in [0.3, 0.4) is 0 Å². The number of amides is 1. The highest BCUT2D eigenvalue weighted by atomic mass is 32.2. The summed E-state index contributed by atoms with van der Waals surface area (Å²) in [6, 6.07) is 27.8. The molecule has 4 rings (SSSR count). The van der Waals surface area contributed by atoms with E-state index < -0.39 is 22.5 Å². The summed E-state index contributed by atoms with van der Waals surface area (Å²) in [5, 5.41) is 2.77. The molecule has 0 bridgehead atoms. The van der Waals surface area contributed by atoms with Crippen molar-refractivity contribution in [1.29, 1.82) is 0 Å². The van der Waals surface area contributed by atoms with Gasteiger partial charge in [-0.1, -0.05) is 48.0 Å². The number of ether oxygens (including phenoxy) is 3. The number of aryl methyl sites for hydroxylation is 1. The number of sulfonamides is 1. The zero-order valence-electron chi connectivity index (χ0n) is 22.0. The highest BCUT2D eigenvalue weighted by Crippen LogP contribution is 2.34. The Labute approximate surface area is 228 Å². The van der Waals surface area contributed by atoms with Crippen LogP contribution in [0.15, 0.2) is 102 Å². The highest BCUT2D eigenvalue weighted by molar-refractivity contribution is 7.92. The number of carbonyl (C=O) groups excluding carboxylic acids is 1. The Bertz CT molecular complexity index is 1510. The van der Waals surface area contributed by atoms with Crippen LogP contribution < -0.4 is 23.8 Å². The standard InChI is InChI=1S/C30H30N2O6S/c1-22-9-16-27(17-10-22)39(34,35)32(25-13-18-28(36-2)29(19-25)37-3)20-30(33)31-24-11-14-26(15-12-24)38-21-23-7-5-4-6-8-23/h4-19H,20-21H2,1-3H3,(H,31,33). The molecule has 0 radical (unpaired) electrons. The second kappa shape index (κ2) is 12.4. The van der Waals surface area contributed by atoms with E-state index in [4.69, 9.17) is 14.2 Å². The van der Waals surface area contributed by atoms with Gasteiger partial charge < -0.3 is 19.5 Å². The van der Waals surface area contributed by atoms with Crippen LogP contribution in [-0.4, -0.2) is 35.1 Å². The third-order valence-corrected chi connectivity index (χ3v) is 7.73. The molecule has 39 heavy (non-hydrogen) atoms. The largest absolute Gasteiger partial charge is 0.493 e. The predicted molar refractivity (Wildman–Crippen MR) is 151 cm³/mol. The molecule has 0 atom stereocenters. The SMILES string of the molecule is COc1ccc(N(CC(=O)Nc2ccc(OCc3ccccc3)cc2)S(=O)(=O)c2ccc(C)cc2)cc1OC. The average molecular weight is 547 g/mol. The van der Waals surface area contributed by atoms with Gasteiger partial charge in [0.2, 0.25) is 5.91 Å². The number of anilines is 2. The van der Waals surface area contributed by atoms with Crippen LogP contribution in [0.4, 0.5) is 11.4 Å². The third kappa shape index (κ3) is 6.88. The number of methoxy groups -OCH3 is 2. The predicted octanol–water partition coefficient (Wildman–Crippen LogP) is 5.43. The van der Waals surface area contributed by atoms with E-state index >= 15 is 0 Å². The first-order chi connectivity index (χ1) is 18.8. The summed E-state index contributed by atoms with van der Waals surface area (Å²) in [6.07, 6.45) is 0. The van der Waals surface area contributed by atoms with Gasteiger partial charge in [-0.15, -0.1) is 0 Å². The topological polar surface area (TPSA) is 94.2 Å². The van der Waals surface area contributed by atoms with Crippen LogP contribution in [0.5, 0.6) is 17.2 Å². The Balaban J connectivity index is 1.53. The molecule has 0 fully saturated rings. The Morgan fingerprint density at radius 3 is 2.13 bits per heavy atom. The molecule has 0 aliphatic carbocycles. The fourth-order valence-corrected chi connectivity index (χ4v) is 5.25. The first-order valence-corrected chi connectivity index (χ1v) is 13.6. The van der Waals surface area contributed by atoms with E-state index in [0.717, 1.165) is 15.4 Å². The first-order valence-electron chi connectivity index (χ1n) is 12.2. The van der Waals surface area contributed by atoms with Crippen LogP contribution in [0, 0.1) is 6.92 Å². The zero-order chi connectivity index (χ0) is 27.8. The molecular weight excluding hydrogens is 516 g/mol. The summed E-state index contributed by atoms with van der Waals surface area (Å²) >= 11 is 0. The number of hydrogen-bond donors (Lipinski definition) is 1. The van der Waals surface area contributed by atoms with Gasteiger partial charge in [-0.2, -0.15) is 0 Å². The minimum absolute atomic E-state index is 0.0654. The van der Waals surface area contributed by atoms with Gasteiger partial charge in [-0.25, -0.2) is 8.42 Å². The van der Waals surface area contributed by atoms with E-state index in [-0.39, 0.29) is 10.6 Å². The van der Waals surface area contributed by atoms with E-state index in [1.165, 1.54) is 32.4 Å². The van der Waals surface area contributed by atoms with Crippen LogP contribution in [0.25, 0.3) is 0 Å². The van der Waals surface area contributed by atoms with Gasteiger partial charge in [0.05, 0.1) is 24.8 Å². The van der Waals surface area contributed by atoms with Crippen molar-refractivity contribution in [1.82, 2.24) is 0 Å². The van der Waals surface area contributed by atoms with Gasteiger partial charge >= 0.3 is 0 Å². The number of nitrogens with one attached hydrogen (secondary N) is 1. The molecule has 202 valence electrons. The second-order valence-corrected chi connectivity index (χ2v) is 10.6. The molecule has 4 aromatic rings. The van der Waals surface area contributed by atoms with Gasteiger partial charge in [0.25, 0.3) is 10.0 Å². The molecule has 0 aliphatic heterocycles. The van der Waals surface area contributed by atoms with Gasteiger partial charge in [-0.3, -0.25) is 9.10 Å². The van der Waals surface area contributed by atoms with E-state index in [9.17, 15) is 13.2 Å². The van der Waals surface area contributed by atoms with Gasteiger partial charge in [-0.05, 0) is 61.0 Å². The first kappa shape index (κ1) is 27.5. The number of nitrogens with zero attached hydrogens (tertiary/aromatic N) is 1. The normalized spacial score (nSPS) is 10.9. The molecule has 0 saturated heterocycles. The second-order valence-electron chi connectivity index (χ2n) is 8.71. The van der Waals surface area contributed by atoms with Crippen molar-refractivity contribution in [2.45, 2.75) is 18.4 Å². The molecule has 0 aliphatic rings. The summed E-state index contributed by atoms with van der Waals surface area (Å²) in [5.74, 6) is 0.905. The maximum absolute atomic E-state index is 13.7. The molecule has 1 N–H and O–H groups in total. The smallest absolute Gasteiger partial charge is 0.264 e. The Morgan fingerprint density at radius 1 is 0.821 bits per heavy atom. The highest BCUT2D eigenvalue weighted by Gasteiger charge is 2.28. The van der Waals surface area contributed by atoms with Crippen molar-refractivity contribution in [2.75, 3.05) is 30.4 Å². The van der Waals surface area contributed by atoms with Crippen LogP contribution in [-0.2, 0) is 21.4 Å². The molecule has 0 heterocycles. The number of carbonyl (C=O) groups is 1. The van der Waals surface area contributed by atoms with Crippen LogP contribution in [0.2, 0.25) is 0 Å². The summed E-state index contributed by atoms with van der Waals surface area (Å²) in [7, 11) is -1.14. The van der Waals surface area contributed by atoms with E-state index in [1.54, 1.807) is 48.5 Å². The Morgan fingerprint density at radius 2 is 1.49 bits per heavy atom. The minimum atomic E-state index is -4.09. The van der Waals surface area contributed by atoms with Crippen LogP contribution >= 0.6 is 0 Å². The van der Waals surface area contributed by atoms with Crippen molar-refractivity contribution >= 4 is 27.3 Å². The van der Waals surface area contributed by atoms with Crippen molar-refractivity contribution in [3.63, 3.8) is 0 Å². The quantitative estimate of drug-likeness (QED) is 0.270. The lowest BCUT2D eigenvalue weighted by atomic mass is 10.2.